The molecule has 1 aromatic carbocycles. The van der Waals surface area contributed by atoms with Crippen LogP contribution >= 0.6 is 0 Å². The van der Waals surface area contributed by atoms with Crippen molar-refractivity contribution < 1.29 is 13.2 Å². The summed E-state index contributed by atoms with van der Waals surface area (Å²) in [4.78, 5) is 0. The zero-order valence-corrected chi connectivity index (χ0v) is 8.36. The predicted molar refractivity (Wildman–Crippen MR) is 51.8 cm³/mol. The Kier molecular flexibility index (Phi) is 2.46. The number of aryl methyl sites for hydroxylation is 1. The fraction of sp³-hybridized carbons (Fsp3) is 0.455. The molecular weight excluding hydrogens is 203 g/mol. The highest BCUT2D eigenvalue weighted by molar-refractivity contribution is 5.36. The van der Waals surface area contributed by atoms with Crippen molar-refractivity contribution in [2.24, 2.45) is 0 Å². The minimum atomic E-state index is -4.24. The largest absolute Gasteiger partial charge is 0.416 e. The van der Waals surface area contributed by atoms with Gasteiger partial charge < -0.3 is 5.32 Å². The smallest absolute Gasteiger partial charge is 0.315 e. The molecule has 1 fully saturated rings. The molecule has 0 aromatic heterocycles. The summed E-state index contributed by atoms with van der Waals surface area (Å²) >= 11 is 0. The maximum Gasteiger partial charge on any atom is 0.416 e. The van der Waals surface area contributed by atoms with Crippen molar-refractivity contribution in [3.05, 3.63) is 34.9 Å². The Morgan fingerprint density at radius 1 is 1.27 bits per heavy atom. The van der Waals surface area contributed by atoms with E-state index < -0.39 is 11.7 Å². The van der Waals surface area contributed by atoms with Crippen LogP contribution in [-0.2, 0) is 6.18 Å². The van der Waals surface area contributed by atoms with Gasteiger partial charge in [0.1, 0.15) is 0 Å². The molecule has 0 aliphatic carbocycles. The van der Waals surface area contributed by atoms with Gasteiger partial charge in [0.05, 0.1) is 5.56 Å². The van der Waals surface area contributed by atoms with Gasteiger partial charge in [0.25, 0.3) is 0 Å². The number of hydrogen-bond acceptors (Lipinski definition) is 1. The van der Waals surface area contributed by atoms with E-state index in [1.807, 2.05) is 0 Å². The molecule has 15 heavy (non-hydrogen) atoms. The molecule has 0 saturated carbocycles. The minimum absolute atomic E-state index is 0.242. The first-order chi connectivity index (χ1) is 6.98. The van der Waals surface area contributed by atoms with Crippen LogP contribution in [0.3, 0.4) is 0 Å². The molecular formula is C11H12F3N. The fourth-order valence-corrected chi connectivity index (χ4v) is 1.72. The van der Waals surface area contributed by atoms with Crippen LogP contribution < -0.4 is 5.32 Å². The van der Waals surface area contributed by atoms with Crippen LogP contribution in [0.2, 0.25) is 0 Å². The minimum Gasteiger partial charge on any atom is -0.315 e. The van der Waals surface area contributed by atoms with E-state index in [1.54, 1.807) is 12.1 Å². The molecule has 0 atom stereocenters. The van der Waals surface area contributed by atoms with Gasteiger partial charge in [-0.25, -0.2) is 0 Å². The Labute approximate surface area is 86.3 Å². The van der Waals surface area contributed by atoms with Crippen LogP contribution in [0.1, 0.15) is 22.6 Å². The van der Waals surface area contributed by atoms with Crippen molar-refractivity contribution in [3.8, 4) is 0 Å². The molecule has 2 rings (SSSR count). The summed E-state index contributed by atoms with van der Waals surface area (Å²) < 4.78 is 37.8. The van der Waals surface area contributed by atoms with Gasteiger partial charge in [-0.15, -0.1) is 0 Å². The third-order valence-electron chi connectivity index (χ3n) is 2.82. The second-order valence-corrected chi connectivity index (χ2v) is 3.93. The van der Waals surface area contributed by atoms with Gasteiger partial charge >= 0.3 is 6.18 Å². The zero-order valence-electron chi connectivity index (χ0n) is 8.36. The SMILES string of the molecule is Cc1ccc(C2CNC2)cc1C(F)(F)F. The molecule has 1 nitrogen and oxygen atoms in total. The molecule has 1 aliphatic heterocycles. The van der Waals surface area contributed by atoms with Crippen molar-refractivity contribution in [1.82, 2.24) is 5.32 Å². The molecule has 0 spiro atoms. The Bertz CT molecular complexity index is 367. The third kappa shape index (κ3) is 2.00. The van der Waals surface area contributed by atoms with Crippen molar-refractivity contribution in [3.63, 3.8) is 0 Å². The standard InChI is InChI=1S/C11H12F3N/c1-7-2-3-8(9-5-15-6-9)4-10(7)11(12,13)14/h2-4,9,15H,5-6H2,1H3. The van der Waals surface area contributed by atoms with E-state index in [1.165, 1.54) is 13.0 Å². The number of alkyl halides is 3. The lowest BCUT2D eigenvalue weighted by Gasteiger charge is -2.28. The number of rotatable bonds is 1. The van der Waals surface area contributed by atoms with Gasteiger partial charge in [0, 0.05) is 19.0 Å². The van der Waals surface area contributed by atoms with Crippen molar-refractivity contribution in [1.29, 1.82) is 0 Å². The average molecular weight is 215 g/mol. The van der Waals surface area contributed by atoms with Gasteiger partial charge in [0.2, 0.25) is 0 Å². The van der Waals surface area contributed by atoms with E-state index in [-0.39, 0.29) is 5.92 Å². The molecule has 1 aromatic rings. The van der Waals surface area contributed by atoms with Crippen LogP contribution in [0, 0.1) is 6.92 Å². The number of hydrogen-bond donors (Lipinski definition) is 1. The van der Waals surface area contributed by atoms with E-state index in [9.17, 15) is 13.2 Å². The molecule has 4 heteroatoms. The topological polar surface area (TPSA) is 12.0 Å². The molecule has 1 heterocycles. The first-order valence-electron chi connectivity index (χ1n) is 4.87. The number of benzene rings is 1. The highest BCUT2D eigenvalue weighted by atomic mass is 19.4. The summed E-state index contributed by atoms with van der Waals surface area (Å²) in [5.41, 5.74) is 0.567. The molecule has 0 unspecified atom stereocenters. The van der Waals surface area contributed by atoms with Gasteiger partial charge in [-0.1, -0.05) is 12.1 Å². The van der Waals surface area contributed by atoms with E-state index >= 15 is 0 Å². The highest BCUT2D eigenvalue weighted by Gasteiger charge is 2.33. The van der Waals surface area contributed by atoms with E-state index in [2.05, 4.69) is 5.32 Å². The summed E-state index contributed by atoms with van der Waals surface area (Å²) in [5, 5.41) is 3.05. The molecule has 1 aliphatic rings. The van der Waals surface area contributed by atoms with Crippen LogP contribution in [0.4, 0.5) is 13.2 Å². The molecule has 0 radical (unpaired) electrons. The lowest BCUT2D eigenvalue weighted by molar-refractivity contribution is -0.138. The Balaban J connectivity index is 2.36. The normalized spacial score (nSPS) is 17.6. The van der Waals surface area contributed by atoms with Crippen LogP contribution in [0.25, 0.3) is 0 Å². The zero-order chi connectivity index (χ0) is 11.1. The number of halogens is 3. The van der Waals surface area contributed by atoms with Gasteiger partial charge in [-0.3, -0.25) is 0 Å². The quantitative estimate of drug-likeness (QED) is 0.759. The maximum atomic E-state index is 12.6. The predicted octanol–water partition coefficient (Wildman–Crippen LogP) is 2.70. The molecule has 1 N–H and O–H groups in total. The molecule has 1 saturated heterocycles. The molecule has 0 amide bonds. The highest BCUT2D eigenvalue weighted by Crippen LogP contribution is 2.34. The summed E-state index contributed by atoms with van der Waals surface area (Å²) in [5.74, 6) is 0.242. The van der Waals surface area contributed by atoms with E-state index in [0.29, 0.717) is 5.56 Å². The molecule has 82 valence electrons. The maximum absolute atomic E-state index is 12.6. The van der Waals surface area contributed by atoms with E-state index in [0.717, 1.165) is 18.7 Å². The van der Waals surface area contributed by atoms with Crippen molar-refractivity contribution in [2.75, 3.05) is 13.1 Å². The van der Waals surface area contributed by atoms with Crippen molar-refractivity contribution >= 4 is 0 Å². The van der Waals surface area contributed by atoms with Gasteiger partial charge in [0.15, 0.2) is 0 Å². The van der Waals surface area contributed by atoms with Crippen LogP contribution in [0.15, 0.2) is 18.2 Å². The first-order valence-corrected chi connectivity index (χ1v) is 4.87. The second-order valence-electron chi connectivity index (χ2n) is 3.93. The summed E-state index contributed by atoms with van der Waals surface area (Å²) in [7, 11) is 0. The second kappa shape index (κ2) is 3.52. The fourth-order valence-electron chi connectivity index (χ4n) is 1.72. The summed E-state index contributed by atoms with van der Waals surface area (Å²) in [6.45, 7) is 3.05. The first kappa shape index (κ1) is 10.5. The monoisotopic (exact) mass is 215 g/mol. The van der Waals surface area contributed by atoms with Crippen LogP contribution in [0.5, 0.6) is 0 Å². The van der Waals surface area contributed by atoms with E-state index in [4.69, 9.17) is 0 Å². The summed E-state index contributed by atoms with van der Waals surface area (Å²) in [6.07, 6.45) is -4.24. The Morgan fingerprint density at radius 2 is 1.93 bits per heavy atom. The Morgan fingerprint density at radius 3 is 2.40 bits per heavy atom. The summed E-state index contributed by atoms with van der Waals surface area (Å²) in [6, 6.07) is 4.62. The average Bonchev–Trinajstić information content (AvgIpc) is 2.03. The molecule has 0 bridgehead atoms. The van der Waals surface area contributed by atoms with Crippen molar-refractivity contribution in [2.45, 2.75) is 19.0 Å². The number of nitrogens with one attached hydrogen (secondary N) is 1. The lowest BCUT2D eigenvalue weighted by Crippen LogP contribution is -2.39. The lowest BCUT2D eigenvalue weighted by atomic mass is 9.91. The van der Waals surface area contributed by atoms with Gasteiger partial charge in [-0.2, -0.15) is 13.2 Å². The van der Waals surface area contributed by atoms with Gasteiger partial charge in [-0.05, 0) is 24.1 Å². The van der Waals surface area contributed by atoms with Crippen LogP contribution in [-0.4, -0.2) is 13.1 Å². The Hall–Kier alpha value is -1.03. The third-order valence-corrected chi connectivity index (χ3v) is 2.82.